The lowest BCUT2D eigenvalue weighted by molar-refractivity contribution is -0.384. The van der Waals surface area contributed by atoms with E-state index in [2.05, 4.69) is 11.8 Å². The molecule has 0 spiro atoms. The number of hydrogen-bond acceptors (Lipinski definition) is 2. The number of halogens is 1. The summed E-state index contributed by atoms with van der Waals surface area (Å²) >= 11 is 5.44. The molecule has 0 saturated carbocycles. The van der Waals surface area contributed by atoms with Crippen LogP contribution in [0.1, 0.15) is 12.0 Å². The smallest absolute Gasteiger partial charge is 0.258 e. The summed E-state index contributed by atoms with van der Waals surface area (Å²) in [4.78, 5) is 9.89. The fourth-order valence-corrected chi connectivity index (χ4v) is 0.973. The molecule has 3 nitrogen and oxygen atoms in total. The molecule has 0 radical (unpaired) electrons. The second-order valence-corrected chi connectivity index (χ2v) is 2.92. The summed E-state index contributed by atoms with van der Waals surface area (Å²) in [5.74, 6) is 6.20. The van der Waals surface area contributed by atoms with Gasteiger partial charge in [-0.25, -0.2) is 0 Å². The maximum atomic E-state index is 10.3. The topological polar surface area (TPSA) is 43.1 Å². The summed E-state index contributed by atoms with van der Waals surface area (Å²) in [7, 11) is 0. The summed E-state index contributed by atoms with van der Waals surface area (Å²) in [5, 5.41) is 10.3. The van der Waals surface area contributed by atoms with E-state index in [1.54, 1.807) is 12.1 Å². The van der Waals surface area contributed by atoms with Crippen molar-refractivity contribution in [1.29, 1.82) is 0 Å². The normalized spacial score (nSPS) is 8.93. The summed E-state index contributed by atoms with van der Waals surface area (Å²) in [6.45, 7) is 0. The van der Waals surface area contributed by atoms with Crippen molar-refractivity contribution in [3.8, 4) is 11.8 Å². The molecule has 1 rings (SSSR count). The van der Waals surface area contributed by atoms with Gasteiger partial charge in [0.25, 0.3) is 5.69 Å². The van der Waals surface area contributed by atoms with Crippen molar-refractivity contribution in [2.45, 2.75) is 6.42 Å². The molecule has 4 heteroatoms. The Morgan fingerprint density at radius 1 is 1.36 bits per heavy atom. The van der Waals surface area contributed by atoms with E-state index >= 15 is 0 Å². The molecule has 0 amide bonds. The van der Waals surface area contributed by atoms with Gasteiger partial charge in [0.05, 0.1) is 4.92 Å². The van der Waals surface area contributed by atoms with Crippen LogP contribution in [0.15, 0.2) is 24.3 Å². The van der Waals surface area contributed by atoms with E-state index in [1.807, 2.05) is 0 Å². The predicted molar refractivity (Wildman–Crippen MR) is 55.3 cm³/mol. The highest BCUT2D eigenvalue weighted by Crippen LogP contribution is 2.10. The molecule has 0 aliphatic heterocycles. The number of rotatable bonds is 2. The second kappa shape index (κ2) is 5.25. The van der Waals surface area contributed by atoms with Gasteiger partial charge in [-0.3, -0.25) is 10.1 Å². The van der Waals surface area contributed by atoms with Crippen molar-refractivity contribution in [2.75, 3.05) is 5.88 Å². The minimum absolute atomic E-state index is 0.0768. The van der Waals surface area contributed by atoms with Crippen LogP contribution in [0.2, 0.25) is 0 Å². The average Bonchev–Trinajstić information content (AvgIpc) is 2.19. The molecule has 0 aliphatic carbocycles. The number of nitro groups is 1. The Labute approximate surface area is 86.8 Å². The quantitative estimate of drug-likeness (QED) is 0.325. The first kappa shape index (κ1) is 10.6. The molecular weight excluding hydrogens is 202 g/mol. The van der Waals surface area contributed by atoms with Gasteiger partial charge in [-0.1, -0.05) is 11.8 Å². The van der Waals surface area contributed by atoms with Crippen molar-refractivity contribution in [3.63, 3.8) is 0 Å². The summed E-state index contributed by atoms with van der Waals surface area (Å²) < 4.78 is 0. The molecule has 0 bridgehead atoms. The van der Waals surface area contributed by atoms with E-state index in [1.165, 1.54) is 12.1 Å². The van der Waals surface area contributed by atoms with E-state index in [-0.39, 0.29) is 5.69 Å². The first-order chi connectivity index (χ1) is 6.74. The molecule has 14 heavy (non-hydrogen) atoms. The van der Waals surface area contributed by atoms with Crippen molar-refractivity contribution >= 4 is 17.3 Å². The Bertz CT molecular complexity index is 375. The van der Waals surface area contributed by atoms with Crippen LogP contribution >= 0.6 is 11.6 Å². The van der Waals surface area contributed by atoms with Gasteiger partial charge in [-0.15, -0.1) is 11.6 Å². The molecule has 0 N–H and O–H groups in total. The maximum Gasteiger partial charge on any atom is 0.269 e. The monoisotopic (exact) mass is 209 g/mol. The van der Waals surface area contributed by atoms with Crippen LogP contribution in [-0.2, 0) is 0 Å². The zero-order valence-corrected chi connectivity index (χ0v) is 8.12. The molecule has 1 aromatic rings. The van der Waals surface area contributed by atoms with Gasteiger partial charge in [0.1, 0.15) is 0 Å². The number of nitrogens with zero attached hydrogens (tertiary/aromatic N) is 1. The predicted octanol–water partition coefficient (Wildman–Crippen LogP) is 2.58. The molecule has 0 aliphatic rings. The van der Waals surface area contributed by atoms with Crippen LogP contribution in [0, 0.1) is 22.0 Å². The molecular formula is C10H8ClNO2. The van der Waals surface area contributed by atoms with Crippen LogP contribution in [0.25, 0.3) is 0 Å². The van der Waals surface area contributed by atoms with E-state index in [9.17, 15) is 10.1 Å². The van der Waals surface area contributed by atoms with Crippen molar-refractivity contribution in [3.05, 3.63) is 39.9 Å². The highest BCUT2D eigenvalue weighted by Gasteiger charge is 2.01. The van der Waals surface area contributed by atoms with Crippen molar-refractivity contribution < 1.29 is 4.92 Å². The molecule has 0 atom stereocenters. The van der Waals surface area contributed by atoms with Gasteiger partial charge < -0.3 is 0 Å². The largest absolute Gasteiger partial charge is 0.269 e. The van der Waals surface area contributed by atoms with Gasteiger partial charge in [0.2, 0.25) is 0 Å². The van der Waals surface area contributed by atoms with Gasteiger partial charge >= 0.3 is 0 Å². The molecule has 0 heterocycles. The van der Waals surface area contributed by atoms with E-state index < -0.39 is 4.92 Å². The first-order valence-corrected chi connectivity index (χ1v) is 4.57. The van der Waals surface area contributed by atoms with E-state index in [0.29, 0.717) is 12.3 Å². The second-order valence-electron chi connectivity index (χ2n) is 2.54. The number of non-ortho nitro benzene ring substituents is 1. The SMILES string of the molecule is O=[N+]([O-])c1ccc(C#CCCCl)cc1. The lowest BCUT2D eigenvalue weighted by atomic mass is 10.2. The molecule has 0 unspecified atom stereocenters. The molecule has 0 saturated heterocycles. The third kappa shape index (κ3) is 3.08. The highest BCUT2D eigenvalue weighted by molar-refractivity contribution is 6.18. The number of benzene rings is 1. The highest BCUT2D eigenvalue weighted by atomic mass is 35.5. The van der Waals surface area contributed by atoms with Gasteiger partial charge in [0.15, 0.2) is 0 Å². The number of hydrogen-bond donors (Lipinski definition) is 0. The third-order valence-corrected chi connectivity index (χ3v) is 1.72. The fourth-order valence-electron chi connectivity index (χ4n) is 0.878. The third-order valence-electron chi connectivity index (χ3n) is 1.53. The Kier molecular flexibility index (Phi) is 3.96. The number of alkyl halides is 1. The Balaban J connectivity index is 2.75. The summed E-state index contributed by atoms with van der Waals surface area (Å²) in [6, 6.07) is 6.12. The van der Waals surface area contributed by atoms with Gasteiger partial charge in [0, 0.05) is 30.0 Å². The molecule has 72 valence electrons. The minimum Gasteiger partial charge on any atom is -0.258 e. The zero-order chi connectivity index (χ0) is 10.4. The first-order valence-electron chi connectivity index (χ1n) is 4.03. The maximum absolute atomic E-state index is 10.3. The average molecular weight is 210 g/mol. The lowest BCUT2D eigenvalue weighted by Crippen LogP contribution is -1.86. The Morgan fingerprint density at radius 3 is 2.50 bits per heavy atom. The summed E-state index contributed by atoms with van der Waals surface area (Å²) in [5.41, 5.74) is 0.841. The molecule has 0 aromatic heterocycles. The molecule has 0 fully saturated rings. The van der Waals surface area contributed by atoms with Crippen LogP contribution in [0.3, 0.4) is 0 Å². The Hall–Kier alpha value is -1.53. The minimum atomic E-state index is -0.435. The van der Waals surface area contributed by atoms with Crippen LogP contribution < -0.4 is 0 Å². The fraction of sp³-hybridized carbons (Fsp3) is 0.200. The zero-order valence-electron chi connectivity index (χ0n) is 7.37. The summed E-state index contributed by atoms with van der Waals surface area (Å²) in [6.07, 6.45) is 0.624. The van der Waals surface area contributed by atoms with Crippen LogP contribution in [0.4, 0.5) is 5.69 Å². The lowest BCUT2D eigenvalue weighted by Gasteiger charge is -1.90. The number of nitro benzene ring substituents is 1. The van der Waals surface area contributed by atoms with Crippen LogP contribution in [-0.4, -0.2) is 10.8 Å². The van der Waals surface area contributed by atoms with Gasteiger partial charge in [-0.05, 0) is 12.1 Å². The van der Waals surface area contributed by atoms with Gasteiger partial charge in [-0.2, -0.15) is 0 Å². The van der Waals surface area contributed by atoms with Crippen LogP contribution in [0.5, 0.6) is 0 Å². The van der Waals surface area contributed by atoms with E-state index in [0.717, 1.165) is 5.56 Å². The van der Waals surface area contributed by atoms with Crippen molar-refractivity contribution in [2.24, 2.45) is 0 Å². The van der Waals surface area contributed by atoms with Crippen molar-refractivity contribution in [1.82, 2.24) is 0 Å². The Morgan fingerprint density at radius 2 is 2.00 bits per heavy atom. The standard InChI is InChI=1S/C10H8ClNO2/c11-8-2-1-3-9-4-6-10(7-5-9)12(13)14/h4-7H,2,8H2. The van der Waals surface area contributed by atoms with E-state index in [4.69, 9.17) is 11.6 Å². The molecule has 1 aromatic carbocycles.